The van der Waals surface area contributed by atoms with Gasteiger partial charge < -0.3 is 15.8 Å². The smallest absolute Gasteiger partial charge is 0.147 e. The first kappa shape index (κ1) is 13.0. The summed E-state index contributed by atoms with van der Waals surface area (Å²) in [5, 5.41) is 4.67. The first-order valence-electron chi connectivity index (χ1n) is 7.36. The molecule has 2 unspecified atom stereocenters. The molecule has 0 bridgehead atoms. The molecule has 1 saturated carbocycles. The summed E-state index contributed by atoms with van der Waals surface area (Å²) in [6.07, 6.45) is 7.55. The van der Waals surface area contributed by atoms with E-state index < -0.39 is 0 Å². The minimum Gasteiger partial charge on any atom is -0.382 e. The highest BCUT2D eigenvalue weighted by Crippen LogP contribution is 2.42. The lowest BCUT2D eigenvalue weighted by Gasteiger charge is -2.20. The second-order valence-corrected chi connectivity index (χ2v) is 6.49. The predicted molar refractivity (Wildman–Crippen MR) is 84.2 cm³/mol. The summed E-state index contributed by atoms with van der Waals surface area (Å²) >= 11 is 1.43. The van der Waals surface area contributed by atoms with Gasteiger partial charge in [-0.3, -0.25) is 4.98 Å². The van der Waals surface area contributed by atoms with E-state index in [4.69, 9.17) is 10.5 Å². The van der Waals surface area contributed by atoms with Gasteiger partial charge in [0, 0.05) is 19.0 Å². The van der Waals surface area contributed by atoms with Crippen molar-refractivity contribution in [3.63, 3.8) is 0 Å². The predicted octanol–water partition coefficient (Wildman–Crippen LogP) is 2.77. The molecule has 2 aromatic rings. The second-order valence-electron chi connectivity index (χ2n) is 5.72. The number of rotatable bonds is 4. The molecule has 4 rings (SSSR count). The number of nitrogen functional groups attached to an aromatic ring is 1. The third-order valence-corrected chi connectivity index (χ3v) is 5.02. The van der Waals surface area contributed by atoms with Gasteiger partial charge in [-0.1, -0.05) is 0 Å². The van der Waals surface area contributed by atoms with E-state index in [0.29, 0.717) is 18.0 Å². The zero-order chi connectivity index (χ0) is 14.2. The summed E-state index contributed by atoms with van der Waals surface area (Å²) in [5.74, 6) is 1.32. The first-order valence-corrected chi connectivity index (χ1v) is 8.14. The monoisotopic (exact) mass is 302 g/mol. The molecule has 1 aliphatic carbocycles. The fourth-order valence-electron chi connectivity index (χ4n) is 3.02. The van der Waals surface area contributed by atoms with E-state index in [9.17, 15) is 0 Å². The van der Waals surface area contributed by atoms with Crippen LogP contribution in [0.1, 0.15) is 19.3 Å². The molecule has 0 aromatic carbocycles. The van der Waals surface area contributed by atoms with Crippen molar-refractivity contribution in [3.05, 3.63) is 24.5 Å². The Bertz CT molecular complexity index is 626. The fourth-order valence-corrected chi connectivity index (χ4v) is 3.82. The Morgan fingerprint density at radius 2 is 2.05 bits per heavy atom. The molecule has 5 nitrogen and oxygen atoms in total. The van der Waals surface area contributed by atoms with E-state index in [1.165, 1.54) is 24.4 Å². The van der Waals surface area contributed by atoms with Gasteiger partial charge in [-0.2, -0.15) is 4.37 Å². The van der Waals surface area contributed by atoms with Crippen LogP contribution < -0.4 is 11.1 Å². The maximum atomic E-state index is 6.06. The molecule has 1 aliphatic heterocycles. The summed E-state index contributed by atoms with van der Waals surface area (Å²) < 4.78 is 10.2. The second kappa shape index (κ2) is 5.27. The fraction of sp³-hybridized carbons (Fsp3) is 0.467. The largest absolute Gasteiger partial charge is 0.382 e. The summed E-state index contributed by atoms with van der Waals surface area (Å²) in [6.45, 7) is 0.845. The van der Waals surface area contributed by atoms with Crippen LogP contribution in [-0.2, 0) is 4.74 Å². The number of nitrogens with one attached hydrogen (secondary N) is 1. The minimum absolute atomic E-state index is 0.346. The van der Waals surface area contributed by atoms with Gasteiger partial charge in [-0.15, -0.1) is 0 Å². The Balaban J connectivity index is 1.61. The Kier molecular flexibility index (Phi) is 3.27. The van der Waals surface area contributed by atoms with E-state index in [-0.39, 0.29) is 0 Å². The number of hydrogen-bond acceptors (Lipinski definition) is 6. The highest BCUT2D eigenvalue weighted by molar-refractivity contribution is 7.11. The maximum Gasteiger partial charge on any atom is 0.147 e. The summed E-state index contributed by atoms with van der Waals surface area (Å²) in [7, 11) is 0. The zero-order valence-electron chi connectivity index (χ0n) is 11.7. The minimum atomic E-state index is 0.346. The summed E-state index contributed by atoms with van der Waals surface area (Å²) in [5.41, 5.74) is 8.11. The molecular weight excluding hydrogens is 284 g/mol. The maximum absolute atomic E-state index is 6.06. The van der Waals surface area contributed by atoms with Crippen molar-refractivity contribution in [2.75, 3.05) is 17.7 Å². The number of ether oxygens (including phenoxy) is 1. The van der Waals surface area contributed by atoms with Crippen molar-refractivity contribution in [1.82, 2.24) is 9.36 Å². The van der Waals surface area contributed by atoms with E-state index >= 15 is 0 Å². The molecule has 3 heterocycles. The van der Waals surface area contributed by atoms with Crippen molar-refractivity contribution in [1.29, 1.82) is 0 Å². The van der Waals surface area contributed by atoms with Crippen molar-refractivity contribution >= 4 is 22.4 Å². The zero-order valence-corrected chi connectivity index (χ0v) is 12.5. The number of nitrogens with zero attached hydrogens (tertiary/aromatic N) is 2. The number of hydrogen-bond donors (Lipinski definition) is 2. The van der Waals surface area contributed by atoms with Crippen molar-refractivity contribution < 1.29 is 4.74 Å². The number of pyridine rings is 1. The average Bonchev–Trinajstić information content (AvgIpc) is 3.15. The van der Waals surface area contributed by atoms with Crippen molar-refractivity contribution in [2.45, 2.75) is 31.4 Å². The third kappa shape index (κ3) is 2.49. The third-order valence-electron chi connectivity index (χ3n) is 4.23. The van der Waals surface area contributed by atoms with E-state index in [1.807, 2.05) is 12.1 Å². The Hall–Kier alpha value is -1.66. The SMILES string of the molecule is Nc1nsc(NC2CCOC2C2CC2)c1-c1ccncc1. The van der Waals surface area contributed by atoms with Crippen molar-refractivity contribution in [3.8, 4) is 11.1 Å². The molecule has 2 atom stereocenters. The average molecular weight is 302 g/mol. The summed E-state index contributed by atoms with van der Waals surface area (Å²) in [6, 6.07) is 4.31. The molecule has 2 fully saturated rings. The highest BCUT2D eigenvalue weighted by atomic mass is 32.1. The van der Waals surface area contributed by atoms with Gasteiger partial charge in [0.25, 0.3) is 0 Å². The van der Waals surface area contributed by atoms with Crippen LogP contribution in [0.2, 0.25) is 0 Å². The lowest BCUT2D eigenvalue weighted by atomic mass is 10.1. The van der Waals surface area contributed by atoms with Crippen LogP contribution in [0.15, 0.2) is 24.5 Å². The van der Waals surface area contributed by atoms with Gasteiger partial charge in [0.05, 0.1) is 17.7 Å². The lowest BCUT2D eigenvalue weighted by Crippen LogP contribution is -2.30. The van der Waals surface area contributed by atoms with Gasteiger partial charge in [-0.05, 0) is 54.4 Å². The van der Waals surface area contributed by atoms with Crippen LogP contribution >= 0.6 is 11.5 Å². The number of nitrogens with two attached hydrogens (primary N) is 1. The van der Waals surface area contributed by atoms with Gasteiger partial charge >= 0.3 is 0 Å². The molecule has 0 radical (unpaired) electrons. The van der Waals surface area contributed by atoms with Crippen LogP contribution in [-0.4, -0.2) is 28.1 Å². The van der Waals surface area contributed by atoms with Gasteiger partial charge in [0.15, 0.2) is 0 Å². The van der Waals surface area contributed by atoms with Crippen LogP contribution in [0.25, 0.3) is 11.1 Å². The molecule has 110 valence electrons. The quantitative estimate of drug-likeness (QED) is 0.908. The van der Waals surface area contributed by atoms with E-state index in [0.717, 1.165) is 35.1 Å². The Morgan fingerprint density at radius 1 is 1.24 bits per heavy atom. The lowest BCUT2D eigenvalue weighted by molar-refractivity contribution is 0.0899. The standard InChI is InChI=1S/C15H18N4OS/c16-14-12(9-3-6-17-7-4-9)15(21-19-14)18-11-5-8-20-13(11)10-1-2-10/h3-4,6-7,10-11,13,18H,1-2,5,8H2,(H2,16,19). The Labute approximate surface area is 127 Å². The normalized spacial score (nSPS) is 25.1. The molecule has 0 amide bonds. The topological polar surface area (TPSA) is 73.1 Å². The van der Waals surface area contributed by atoms with Crippen molar-refractivity contribution in [2.24, 2.45) is 5.92 Å². The molecule has 21 heavy (non-hydrogen) atoms. The van der Waals surface area contributed by atoms with E-state index in [2.05, 4.69) is 14.7 Å². The summed E-state index contributed by atoms with van der Waals surface area (Å²) in [4.78, 5) is 4.06. The number of aromatic nitrogens is 2. The van der Waals surface area contributed by atoms with Gasteiger partial charge in [-0.25, -0.2) is 0 Å². The number of anilines is 2. The molecule has 1 saturated heterocycles. The van der Waals surface area contributed by atoms with Crippen LogP contribution in [0.5, 0.6) is 0 Å². The van der Waals surface area contributed by atoms with Crippen LogP contribution in [0, 0.1) is 5.92 Å². The molecule has 6 heteroatoms. The molecule has 2 aliphatic rings. The van der Waals surface area contributed by atoms with Gasteiger partial charge in [0.1, 0.15) is 10.8 Å². The van der Waals surface area contributed by atoms with Gasteiger partial charge in [0.2, 0.25) is 0 Å². The van der Waals surface area contributed by atoms with Crippen LogP contribution in [0.4, 0.5) is 10.8 Å². The molecule has 0 spiro atoms. The van der Waals surface area contributed by atoms with Crippen LogP contribution in [0.3, 0.4) is 0 Å². The molecule has 2 aromatic heterocycles. The molecule has 3 N–H and O–H groups in total. The Morgan fingerprint density at radius 3 is 2.81 bits per heavy atom. The molecular formula is C15H18N4OS. The first-order chi connectivity index (χ1) is 10.3. The van der Waals surface area contributed by atoms with E-state index in [1.54, 1.807) is 12.4 Å². The highest BCUT2D eigenvalue weighted by Gasteiger charge is 2.41.